The first-order valence-corrected chi connectivity index (χ1v) is 11.7. The molecule has 0 bridgehead atoms. The third kappa shape index (κ3) is 8.77. The number of carbonyl (C=O) groups excluding carboxylic acids is 2. The van der Waals surface area contributed by atoms with Gasteiger partial charge < -0.3 is 25.2 Å². The molecule has 0 radical (unpaired) electrons. The number of rotatable bonds is 14. The number of unbranched alkanes of at least 4 members (excludes halogenated alkanes) is 5. The summed E-state index contributed by atoms with van der Waals surface area (Å²) < 4.78 is 10.8. The first-order chi connectivity index (χ1) is 16.0. The van der Waals surface area contributed by atoms with E-state index in [0.29, 0.717) is 23.5 Å². The van der Waals surface area contributed by atoms with Crippen LogP contribution in [0, 0.1) is 0 Å². The summed E-state index contributed by atoms with van der Waals surface area (Å²) in [6, 6.07) is 11.5. The maximum atomic E-state index is 13.2. The quantitative estimate of drug-likeness (QED) is 0.234. The molecule has 0 saturated heterocycles. The Morgan fingerprint density at radius 1 is 0.970 bits per heavy atom. The number of carbonyl (C=O) groups is 2. The molecule has 1 amide bonds. The van der Waals surface area contributed by atoms with Crippen molar-refractivity contribution < 1.29 is 24.2 Å². The molecule has 180 valence electrons. The molecule has 2 aromatic carbocycles. The van der Waals surface area contributed by atoms with Gasteiger partial charge in [0.05, 0.1) is 24.5 Å². The number of aromatic hydroxyl groups is 1. The molecule has 0 atom stereocenters. The summed E-state index contributed by atoms with van der Waals surface area (Å²) in [5.41, 5.74) is 8.06. The molecular formula is C26H36N2O5. The van der Waals surface area contributed by atoms with Crippen LogP contribution >= 0.6 is 0 Å². The van der Waals surface area contributed by atoms with Crippen molar-refractivity contribution in [2.45, 2.75) is 59.0 Å². The highest BCUT2D eigenvalue weighted by molar-refractivity contribution is 6.03. The second kappa shape index (κ2) is 14.2. The van der Waals surface area contributed by atoms with Gasteiger partial charge in [0.15, 0.2) is 0 Å². The average molecular weight is 457 g/mol. The van der Waals surface area contributed by atoms with Crippen LogP contribution in [0.15, 0.2) is 42.5 Å². The molecule has 2 aromatic rings. The van der Waals surface area contributed by atoms with E-state index in [1.807, 2.05) is 0 Å². The number of phenolic OH excluding ortho intramolecular Hbond substituents is 1. The topological polar surface area (TPSA) is 102 Å². The van der Waals surface area contributed by atoms with Gasteiger partial charge in [-0.2, -0.15) is 0 Å². The Bertz CT molecular complexity index is 883. The molecular weight excluding hydrogens is 420 g/mol. The van der Waals surface area contributed by atoms with Crippen LogP contribution < -0.4 is 10.6 Å². The highest BCUT2D eigenvalue weighted by Gasteiger charge is 2.23. The van der Waals surface area contributed by atoms with Gasteiger partial charge in [-0.3, -0.25) is 4.79 Å². The smallest absolute Gasteiger partial charge is 0.340 e. The Labute approximate surface area is 196 Å². The number of anilines is 2. The van der Waals surface area contributed by atoms with Crippen molar-refractivity contribution in [3.05, 3.63) is 53.6 Å². The minimum Gasteiger partial charge on any atom is -0.508 e. The second-order valence-corrected chi connectivity index (χ2v) is 7.97. The van der Waals surface area contributed by atoms with Gasteiger partial charge in [0.2, 0.25) is 0 Å². The van der Waals surface area contributed by atoms with Crippen molar-refractivity contribution in [3.63, 3.8) is 0 Å². The number of nitrogens with two attached hydrogens (primary N) is 1. The van der Waals surface area contributed by atoms with E-state index in [1.54, 1.807) is 54.3 Å². The van der Waals surface area contributed by atoms with Gasteiger partial charge in [0, 0.05) is 12.2 Å². The lowest BCUT2D eigenvalue weighted by atomic mass is 10.1. The van der Waals surface area contributed by atoms with Crippen molar-refractivity contribution in [2.24, 2.45) is 0 Å². The number of esters is 1. The average Bonchev–Trinajstić information content (AvgIpc) is 2.80. The molecule has 33 heavy (non-hydrogen) atoms. The third-order valence-corrected chi connectivity index (χ3v) is 5.27. The predicted molar refractivity (Wildman–Crippen MR) is 130 cm³/mol. The van der Waals surface area contributed by atoms with Crippen LogP contribution in [-0.4, -0.2) is 36.7 Å². The second-order valence-electron chi connectivity index (χ2n) is 7.97. The maximum Gasteiger partial charge on any atom is 0.340 e. The zero-order chi connectivity index (χ0) is 24.1. The number of amides is 1. The van der Waals surface area contributed by atoms with Crippen LogP contribution in [0.4, 0.5) is 11.4 Å². The van der Waals surface area contributed by atoms with Gasteiger partial charge in [-0.1, -0.05) is 51.2 Å². The Kier molecular flexibility index (Phi) is 11.2. The van der Waals surface area contributed by atoms with E-state index in [-0.39, 0.29) is 31.5 Å². The summed E-state index contributed by atoms with van der Waals surface area (Å²) >= 11 is 0. The minimum absolute atomic E-state index is 0.145. The first kappa shape index (κ1) is 26.2. The van der Waals surface area contributed by atoms with Crippen molar-refractivity contribution in [1.82, 2.24) is 0 Å². The number of hydrogen-bond acceptors (Lipinski definition) is 6. The fraction of sp³-hybridized carbons (Fsp3) is 0.462. The van der Waals surface area contributed by atoms with Gasteiger partial charge in [-0.05, 0) is 49.2 Å². The summed E-state index contributed by atoms with van der Waals surface area (Å²) in [5, 5.41) is 9.40. The highest BCUT2D eigenvalue weighted by Crippen LogP contribution is 2.26. The summed E-state index contributed by atoms with van der Waals surface area (Å²) in [4.78, 5) is 27.3. The van der Waals surface area contributed by atoms with Gasteiger partial charge in [-0.15, -0.1) is 0 Å². The minimum atomic E-state index is -0.488. The first-order valence-electron chi connectivity index (χ1n) is 11.7. The molecule has 0 aliphatic heterocycles. The Morgan fingerprint density at radius 3 is 2.36 bits per heavy atom. The summed E-state index contributed by atoms with van der Waals surface area (Å²) in [5.74, 6) is -0.565. The van der Waals surface area contributed by atoms with Gasteiger partial charge >= 0.3 is 5.97 Å². The van der Waals surface area contributed by atoms with E-state index in [0.717, 1.165) is 24.8 Å². The molecule has 0 aliphatic carbocycles. The molecule has 0 heterocycles. The molecule has 0 spiro atoms. The Hall–Kier alpha value is -3.06. The van der Waals surface area contributed by atoms with Crippen molar-refractivity contribution >= 4 is 23.3 Å². The summed E-state index contributed by atoms with van der Waals surface area (Å²) in [7, 11) is 0. The maximum absolute atomic E-state index is 13.2. The zero-order valence-corrected chi connectivity index (χ0v) is 19.7. The molecule has 0 aliphatic rings. The fourth-order valence-electron chi connectivity index (χ4n) is 3.51. The highest BCUT2D eigenvalue weighted by atomic mass is 16.5. The molecule has 2 rings (SSSR count). The zero-order valence-electron chi connectivity index (χ0n) is 19.7. The van der Waals surface area contributed by atoms with Crippen LogP contribution in [0.25, 0.3) is 0 Å². The van der Waals surface area contributed by atoms with Crippen LogP contribution in [0.2, 0.25) is 0 Å². The molecule has 0 aromatic heterocycles. The van der Waals surface area contributed by atoms with Gasteiger partial charge in [0.1, 0.15) is 12.4 Å². The third-order valence-electron chi connectivity index (χ3n) is 5.27. The number of phenols is 1. The SMILES string of the molecule is CCCCCCCCN(C(=O)COCc1ccc(O)cc1)c1cc(N)ccc1C(=O)OCC. The number of nitrogens with zero attached hydrogens (tertiary/aromatic N) is 1. The van der Waals surface area contributed by atoms with Gasteiger partial charge in [0.25, 0.3) is 5.91 Å². The molecule has 7 heteroatoms. The van der Waals surface area contributed by atoms with E-state index in [4.69, 9.17) is 15.2 Å². The lowest BCUT2D eigenvalue weighted by molar-refractivity contribution is -0.123. The molecule has 7 nitrogen and oxygen atoms in total. The number of benzene rings is 2. The van der Waals surface area contributed by atoms with E-state index in [9.17, 15) is 14.7 Å². The Morgan fingerprint density at radius 2 is 1.67 bits per heavy atom. The predicted octanol–water partition coefficient (Wildman–Crippen LogP) is 5.06. The molecule has 0 fully saturated rings. The van der Waals surface area contributed by atoms with Crippen LogP contribution in [0.3, 0.4) is 0 Å². The van der Waals surface area contributed by atoms with Crippen LogP contribution in [-0.2, 0) is 20.9 Å². The van der Waals surface area contributed by atoms with E-state index >= 15 is 0 Å². The largest absolute Gasteiger partial charge is 0.508 e. The van der Waals surface area contributed by atoms with Crippen LogP contribution in [0.1, 0.15) is 68.3 Å². The fourth-order valence-corrected chi connectivity index (χ4v) is 3.51. The normalized spacial score (nSPS) is 10.7. The molecule has 0 saturated carbocycles. The molecule has 3 N–H and O–H groups in total. The lowest BCUT2D eigenvalue weighted by Gasteiger charge is -2.25. The standard InChI is InChI=1S/C26H36N2O5/c1-3-5-6-7-8-9-16-28(24-17-21(27)12-15-23(24)26(31)33-4-2)25(30)19-32-18-20-10-13-22(29)14-11-20/h10-15,17,29H,3-9,16,18-19,27H2,1-2H3. The van der Waals surface area contributed by atoms with E-state index in [1.165, 1.54) is 19.3 Å². The number of hydrogen-bond donors (Lipinski definition) is 2. The monoisotopic (exact) mass is 456 g/mol. The van der Waals surface area contributed by atoms with E-state index < -0.39 is 5.97 Å². The summed E-state index contributed by atoms with van der Waals surface area (Å²) in [6.45, 7) is 4.71. The van der Waals surface area contributed by atoms with Crippen LogP contribution in [0.5, 0.6) is 5.75 Å². The van der Waals surface area contributed by atoms with Gasteiger partial charge in [-0.25, -0.2) is 4.79 Å². The van der Waals surface area contributed by atoms with Crippen molar-refractivity contribution in [3.8, 4) is 5.75 Å². The molecule has 0 unspecified atom stereocenters. The van der Waals surface area contributed by atoms with Crippen molar-refractivity contribution in [2.75, 3.05) is 30.4 Å². The Balaban J connectivity index is 2.13. The summed E-state index contributed by atoms with van der Waals surface area (Å²) in [6.07, 6.45) is 6.46. The van der Waals surface area contributed by atoms with E-state index in [2.05, 4.69) is 6.92 Å². The lowest BCUT2D eigenvalue weighted by Crippen LogP contribution is -2.36. The number of ether oxygens (including phenoxy) is 2. The van der Waals surface area contributed by atoms with Crippen molar-refractivity contribution in [1.29, 1.82) is 0 Å². The number of nitrogen functional groups attached to an aromatic ring is 1.